The summed E-state index contributed by atoms with van der Waals surface area (Å²) < 4.78 is 20.3. The number of hydrogen-bond acceptors (Lipinski definition) is 5. The fourth-order valence-corrected chi connectivity index (χ4v) is 4.36. The van der Waals surface area contributed by atoms with Crippen LogP contribution >= 0.6 is 0 Å². The molecule has 0 bridgehead atoms. The first-order chi connectivity index (χ1) is 15.6. The van der Waals surface area contributed by atoms with Crippen LogP contribution in [0.25, 0.3) is 0 Å². The number of carbonyl (C=O) groups is 2. The molecule has 2 saturated heterocycles. The van der Waals surface area contributed by atoms with E-state index in [1.54, 1.807) is 54.6 Å². The average molecular weight is 432 g/mol. The van der Waals surface area contributed by atoms with Crippen LogP contribution in [0.3, 0.4) is 0 Å². The molecule has 3 unspecified atom stereocenters. The van der Waals surface area contributed by atoms with E-state index >= 15 is 0 Å². The molecular weight excluding hydrogens is 411 g/mol. The summed E-state index contributed by atoms with van der Waals surface area (Å²) in [4.78, 5) is 33.9. The molecule has 3 aromatic rings. The van der Waals surface area contributed by atoms with E-state index in [1.165, 1.54) is 11.1 Å². The Hall–Kier alpha value is -3.71. The molecule has 2 aliphatic rings. The Balaban J connectivity index is 1.55. The largest absolute Gasteiger partial charge is 0.494 e. The normalized spacial score (nSPS) is 22.4. The highest BCUT2D eigenvalue weighted by Crippen LogP contribution is 2.48. The topological polar surface area (TPSA) is 59.1 Å². The summed E-state index contributed by atoms with van der Waals surface area (Å²) in [5.74, 6) is -1.58. The third kappa shape index (κ3) is 3.22. The van der Waals surface area contributed by atoms with Gasteiger partial charge in [-0.2, -0.15) is 0 Å². The second-order valence-electron chi connectivity index (χ2n) is 7.62. The fourth-order valence-electron chi connectivity index (χ4n) is 4.36. The zero-order valence-corrected chi connectivity index (χ0v) is 17.4. The van der Waals surface area contributed by atoms with Crippen LogP contribution in [0.2, 0.25) is 0 Å². The lowest BCUT2D eigenvalue weighted by molar-refractivity contribution is -0.126. The average Bonchev–Trinajstić information content (AvgIpc) is 3.32. The highest BCUT2D eigenvalue weighted by molar-refractivity contribution is 6.23. The van der Waals surface area contributed by atoms with Gasteiger partial charge in [0.2, 0.25) is 5.91 Å². The Morgan fingerprint density at radius 1 is 0.875 bits per heavy atom. The van der Waals surface area contributed by atoms with Gasteiger partial charge in [-0.05, 0) is 49.4 Å². The molecule has 7 heteroatoms. The number of imide groups is 1. The highest BCUT2D eigenvalue weighted by Gasteiger charge is 2.60. The number of carbonyl (C=O) groups excluding carboxylic acids is 2. The molecule has 2 amide bonds. The Labute approximate surface area is 184 Å². The lowest BCUT2D eigenvalue weighted by Crippen LogP contribution is -2.37. The van der Waals surface area contributed by atoms with Gasteiger partial charge in [0.15, 0.2) is 6.10 Å². The van der Waals surface area contributed by atoms with E-state index in [2.05, 4.69) is 0 Å². The minimum atomic E-state index is -1.04. The first-order valence-corrected chi connectivity index (χ1v) is 10.5. The number of hydroxylamine groups is 1. The molecule has 2 heterocycles. The van der Waals surface area contributed by atoms with Crippen LogP contribution in [0.15, 0.2) is 78.9 Å². The molecule has 162 valence electrons. The molecular formula is C25H21FN2O4. The second-order valence-corrected chi connectivity index (χ2v) is 7.62. The molecule has 6 nitrogen and oxygen atoms in total. The molecule has 32 heavy (non-hydrogen) atoms. The van der Waals surface area contributed by atoms with E-state index in [-0.39, 0.29) is 0 Å². The van der Waals surface area contributed by atoms with Gasteiger partial charge in [0, 0.05) is 5.56 Å². The van der Waals surface area contributed by atoms with E-state index in [4.69, 9.17) is 9.57 Å². The van der Waals surface area contributed by atoms with Gasteiger partial charge in [-0.1, -0.05) is 36.4 Å². The minimum absolute atomic E-state index is 0.304. The smallest absolute Gasteiger partial charge is 0.266 e. The van der Waals surface area contributed by atoms with Crippen molar-refractivity contribution in [3.05, 3.63) is 90.2 Å². The first kappa shape index (κ1) is 20.2. The van der Waals surface area contributed by atoms with Gasteiger partial charge < -0.3 is 4.74 Å². The first-order valence-electron chi connectivity index (χ1n) is 10.5. The van der Waals surface area contributed by atoms with E-state index in [0.717, 1.165) is 4.90 Å². The Kier molecular flexibility index (Phi) is 5.11. The molecule has 0 spiro atoms. The van der Waals surface area contributed by atoms with Crippen LogP contribution in [0.4, 0.5) is 15.8 Å². The van der Waals surface area contributed by atoms with Gasteiger partial charge in [0.25, 0.3) is 5.91 Å². The Bertz CT molecular complexity index is 1150. The van der Waals surface area contributed by atoms with Gasteiger partial charge in [0.05, 0.1) is 24.0 Å². The van der Waals surface area contributed by atoms with Crippen molar-refractivity contribution in [3.8, 4) is 5.75 Å². The third-order valence-electron chi connectivity index (χ3n) is 5.76. The standard InChI is InChI=1S/C25H21FN2O4/c1-2-31-18-14-12-16(13-15-18)27-24(29)21-22(19-10-6-7-11-20(19)26)28(32-23(21)25(27)30)17-8-4-3-5-9-17/h3-15,21-23H,2H2,1H3. The molecule has 3 aromatic carbocycles. The molecule has 2 fully saturated rings. The van der Waals surface area contributed by atoms with E-state index in [1.807, 2.05) is 25.1 Å². The number of benzene rings is 3. The maximum absolute atomic E-state index is 14.8. The molecule has 2 aliphatic heterocycles. The van der Waals surface area contributed by atoms with E-state index < -0.39 is 35.7 Å². The summed E-state index contributed by atoms with van der Waals surface area (Å²) in [5, 5.41) is 1.49. The van der Waals surface area contributed by atoms with Crippen molar-refractivity contribution in [1.29, 1.82) is 0 Å². The summed E-state index contributed by atoms with van der Waals surface area (Å²) in [6.07, 6.45) is -1.04. The van der Waals surface area contributed by atoms with Crippen LogP contribution in [0.5, 0.6) is 5.75 Å². The maximum atomic E-state index is 14.8. The molecule has 3 atom stereocenters. The summed E-state index contributed by atoms with van der Waals surface area (Å²) in [6, 6.07) is 21.3. The lowest BCUT2D eigenvalue weighted by atomic mass is 9.90. The van der Waals surface area contributed by atoms with Gasteiger partial charge in [-0.15, -0.1) is 0 Å². The van der Waals surface area contributed by atoms with E-state index in [0.29, 0.717) is 29.3 Å². The van der Waals surface area contributed by atoms with Crippen LogP contribution in [-0.4, -0.2) is 24.5 Å². The zero-order valence-electron chi connectivity index (χ0n) is 17.4. The number of para-hydroxylation sites is 1. The summed E-state index contributed by atoms with van der Waals surface area (Å²) >= 11 is 0. The number of hydrogen-bond donors (Lipinski definition) is 0. The quantitative estimate of drug-likeness (QED) is 0.564. The van der Waals surface area contributed by atoms with Gasteiger partial charge in [-0.25, -0.2) is 14.4 Å². The Morgan fingerprint density at radius 2 is 1.56 bits per heavy atom. The zero-order chi connectivity index (χ0) is 22.2. The van der Waals surface area contributed by atoms with Crippen LogP contribution in [0.1, 0.15) is 18.5 Å². The van der Waals surface area contributed by atoms with Crippen molar-refractivity contribution in [2.75, 3.05) is 16.6 Å². The maximum Gasteiger partial charge on any atom is 0.266 e. The molecule has 5 rings (SSSR count). The van der Waals surface area contributed by atoms with Gasteiger partial charge in [-0.3, -0.25) is 14.4 Å². The SMILES string of the molecule is CCOc1ccc(N2C(=O)C3ON(c4ccccc4)C(c4ccccc4F)C3C2=O)cc1. The fraction of sp³-hybridized carbons (Fsp3) is 0.200. The van der Waals surface area contributed by atoms with Crippen molar-refractivity contribution < 1.29 is 23.6 Å². The lowest BCUT2D eigenvalue weighted by Gasteiger charge is -2.29. The highest BCUT2D eigenvalue weighted by atomic mass is 19.1. The predicted octanol–water partition coefficient (Wildman–Crippen LogP) is 4.28. The van der Waals surface area contributed by atoms with Crippen LogP contribution < -0.4 is 14.7 Å². The van der Waals surface area contributed by atoms with E-state index in [9.17, 15) is 14.0 Å². The Morgan fingerprint density at radius 3 is 2.25 bits per heavy atom. The number of halogens is 1. The number of nitrogens with zero attached hydrogens (tertiary/aromatic N) is 2. The van der Waals surface area contributed by atoms with Gasteiger partial charge in [0.1, 0.15) is 17.5 Å². The summed E-state index contributed by atoms with van der Waals surface area (Å²) in [5.41, 5.74) is 1.38. The van der Waals surface area contributed by atoms with Crippen molar-refractivity contribution in [2.24, 2.45) is 5.92 Å². The summed E-state index contributed by atoms with van der Waals surface area (Å²) in [6.45, 7) is 2.39. The summed E-state index contributed by atoms with van der Waals surface area (Å²) in [7, 11) is 0. The van der Waals surface area contributed by atoms with Crippen LogP contribution in [0, 0.1) is 11.7 Å². The third-order valence-corrected chi connectivity index (χ3v) is 5.76. The molecule has 0 aliphatic carbocycles. The number of amides is 2. The number of rotatable bonds is 5. The molecule has 0 N–H and O–H groups in total. The van der Waals surface area contributed by atoms with Gasteiger partial charge >= 0.3 is 0 Å². The van der Waals surface area contributed by atoms with Crippen molar-refractivity contribution in [2.45, 2.75) is 19.1 Å². The molecule has 0 radical (unpaired) electrons. The predicted molar refractivity (Wildman–Crippen MR) is 117 cm³/mol. The number of fused-ring (bicyclic) bond motifs is 1. The van der Waals surface area contributed by atoms with Crippen molar-refractivity contribution >= 4 is 23.2 Å². The van der Waals surface area contributed by atoms with Crippen LogP contribution in [-0.2, 0) is 14.4 Å². The molecule has 0 aromatic heterocycles. The number of ether oxygens (including phenoxy) is 1. The second kappa shape index (κ2) is 8.09. The monoisotopic (exact) mass is 432 g/mol. The molecule has 0 saturated carbocycles. The number of anilines is 2. The van der Waals surface area contributed by atoms with Crippen molar-refractivity contribution in [3.63, 3.8) is 0 Å². The van der Waals surface area contributed by atoms with Crippen molar-refractivity contribution in [1.82, 2.24) is 0 Å². The minimum Gasteiger partial charge on any atom is -0.494 e.